The van der Waals surface area contributed by atoms with E-state index >= 15 is 0 Å². The Kier molecular flexibility index (Phi) is 5.01. The fraction of sp³-hybridized carbons (Fsp3) is 0.136. The lowest BCUT2D eigenvalue weighted by Crippen LogP contribution is -2.22. The monoisotopic (exact) mass is 373 g/mol. The van der Waals surface area contributed by atoms with Crippen LogP contribution in [-0.4, -0.2) is 22.5 Å². The average Bonchev–Trinajstić information content (AvgIpc) is 3.17. The molecule has 140 valence electrons. The molecule has 4 aromatic rings. The van der Waals surface area contributed by atoms with E-state index in [0.29, 0.717) is 41.6 Å². The van der Waals surface area contributed by atoms with Crippen LogP contribution in [0.3, 0.4) is 0 Å². The van der Waals surface area contributed by atoms with Crippen LogP contribution in [-0.2, 0) is 6.54 Å². The lowest BCUT2D eigenvalue weighted by atomic mass is 10.1. The van der Waals surface area contributed by atoms with Gasteiger partial charge in [0.05, 0.1) is 6.61 Å². The first kappa shape index (κ1) is 17.7. The van der Waals surface area contributed by atoms with Crippen molar-refractivity contribution in [2.75, 3.05) is 6.61 Å². The molecule has 0 spiro atoms. The molecule has 0 unspecified atom stereocenters. The van der Waals surface area contributed by atoms with Crippen molar-refractivity contribution >= 4 is 17.1 Å². The molecule has 1 N–H and O–H groups in total. The van der Waals surface area contributed by atoms with E-state index in [-0.39, 0.29) is 5.91 Å². The van der Waals surface area contributed by atoms with E-state index in [2.05, 4.69) is 15.3 Å². The highest BCUT2D eigenvalue weighted by Crippen LogP contribution is 2.23. The highest BCUT2D eigenvalue weighted by atomic mass is 16.5. The number of rotatable bonds is 6. The van der Waals surface area contributed by atoms with Crippen LogP contribution < -0.4 is 10.1 Å². The largest absolute Gasteiger partial charge is 0.494 e. The lowest BCUT2D eigenvalue weighted by Gasteiger charge is -2.08. The van der Waals surface area contributed by atoms with E-state index in [4.69, 9.17) is 9.15 Å². The molecule has 28 heavy (non-hydrogen) atoms. The maximum atomic E-state index is 12.4. The van der Waals surface area contributed by atoms with Gasteiger partial charge in [0.15, 0.2) is 11.2 Å². The lowest BCUT2D eigenvalue weighted by molar-refractivity contribution is 0.0950. The van der Waals surface area contributed by atoms with Gasteiger partial charge in [-0.15, -0.1) is 0 Å². The van der Waals surface area contributed by atoms with E-state index in [1.54, 1.807) is 18.3 Å². The third-order valence-corrected chi connectivity index (χ3v) is 4.23. The number of hydrogen-bond donors (Lipinski definition) is 1. The van der Waals surface area contributed by atoms with Gasteiger partial charge in [-0.2, -0.15) is 4.98 Å². The minimum Gasteiger partial charge on any atom is -0.494 e. The molecule has 0 aliphatic heterocycles. The molecule has 2 heterocycles. The first-order chi connectivity index (χ1) is 13.7. The number of ether oxygens (including phenoxy) is 1. The van der Waals surface area contributed by atoms with Gasteiger partial charge in [-0.3, -0.25) is 4.79 Å². The van der Waals surface area contributed by atoms with Gasteiger partial charge in [-0.25, -0.2) is 4.98 Å². The first-order valence-electron chi connectivity index (χ1n) is 9.05. The van der Waals surface area contributed by atoms with Gasteiger partial charge in [0, 0.05) is 23.9 Å². The summed E-state index contributed by atoms with van der Waals surface area (Å²) in [7, 11) is 0. The number of nitrogens with zero attached hydrogens (tertiary/aromatic N) is 2. The van der Waals surface area contributed by atoms with Gasteiger partial charge >= 0.3 is 0 Å². The smallest absolute Gasteiger partial charge is 0.251 e. The van der Waals surface area contributed by atoms with Gasteiger partial charge < -0.3 is 14.5 Å². The van der Waals surface area contributed by atoms with Gasteiger partial charge in [-0.05, 0) is 55.0 Å². The summed E-state index contributed by atoms with van der Waals surface area (Å²) in [5, 5.41) is 2.92. The van der Waals surface area contributed by atoms with Gasteiger partial charge in [0.1, 0.15) is 5.75 Å². The van der Waals surface area contributed by atoms with Crippen LogP contribution in [0.5, 0.6) is 5.75 Å². The molecule has 0 saturated carbocycles. The predicted octanol–water partition coefficient (Wildman–Crippen LogP) is 4.22. The molecule has 0 bridgehead atoms. The predicted molar refractivity (Wildman–Crippen MR) is 106 cm³/mol. The zero-order valence-corrected chi connectivity index (χ0v) is 15.4. The maximum Gasteiger partial charge on any atom is 0.251 e. The maximum absolute atomic E-state index is 12.4. The highest BCUT2D eigenvalue weighted by Gasteiger charge is 2.10. The van der Waals surface area contributed by atoms with Crippen molar-refractivity contribution in [1.82, 2.24) is 15.3 Å². The van der Waals surface area contributed by atoms with Crippen LogP contribution in [0.2, 0.25) is 0 Å². The minimum absolute atomic E-state index is 0.143. The molecule has 0 saturated heterocycles. The summed E-state index contributed by atoms with van der Waals surface area (Å²) in [6.45, 7) is 2.90. The van der Waals surface area contributed by atoms with Gasteiger partial charge in [-0.1, -0.05) is 18.2 Å². The molecular weight excluding hydrogens is 354 g/mol. The zero-order valence-electron chi connectivity index (χ0n) is 15.4. The summed E-state index contributed by atoms with van der Waals surface area (Å²) in [4.78, 5) is 20.9. The summed E-state index contributed by atoms with van der Waals surface area (Å²) < 4.78 is 11.2. The standard InChI is InChI=1S/C22H19N3O3/c1-2-27-18-6-3-5-17(13-18)21(26)24-14-15-8-10-16(11-9-15)22-25-20-19(28-22)7-4-12-23-20/h3-13H,2,14H2,1H3,(H,24,26). The number of carbonyl (C=O) groups is 1. The summed E-state index contributed by atoms with van der Waals surface area (Å²) >= 11 is 0. The van der Waals surface area contributed by atoms with Crippen LogP contribution in [0.1, 0.15) is 22.8 Å². The average molecular weight is 373 g/mol. The van der Waals surface area contributed by atoms with Crippen molar-refractivity contribution in [3.05, 3.63) is 78.0 Å². The van der Waals surface area contributed by atoms with Crippen molar-refractivity contribution in [3.63, 3.8) is 0 Å². The Morgan fingerprint density at radius 1 is 1.11 bits per heavy atom. The van der Waals surface area contributed by atoms with Crippen LogP contribution in [0, 0.1) is 0 Å². The number of oxazole rings is 1. The summed E-state index contributed by atoms with van der Waals surface area (Å²) in [6, 6.07) is 18.5. The number of amides is 1. The van der Waals surface area contributed by atoms with Crippen LogP contribution in [0.4, 0.5) is 0 Å². The molecule has 6 heteroatoms. The molecule has 0 fully saturated rings. The SMILES string of the molecule is CCOc1cccc(C(=O)NCc2ccc(-c3nc4ncccc4o3)cc2)c1. The second kappa shape index (κ2) is 7.92. The fourth-order valence-electron chi connectivity index (χ4n) is 2.84. The number of carbonyl (C=O) groups excluding carboxylic acids is 1. The molecule has 6 nitrogen and oxygen atoms in total. The van der Waals surface area contributed by atoms with E-state index in [1.165, 1.54) is 0 Å². The molecule has 0 atom stereocenters. The quantitative estimate of drug-likeness (QED) is 0.548. The van der Waals surface area contributed by atoms with Crippen molar-refractivity contribution in [1.29, 1.82) is 0 Å². The van der Waals surface area contributed by atoms with Crippen LogP contribution >= 0.6 is 0 Å². The molecular formula is C22H19N3O3. The van der Waals surface area contributed by atoms with E-state index < -0.39 is 0 Å². The Labute approximate surface area is 162 Å². The van der Waals surface area contributed by atoms with E-state index in [0.717, 1.165) is 11.1 Å². The summed E-state index contributed by atoms with van der Waals surface area (Å²) in [5.74, 6) is 1.07. The molecule has 2 aromatic carbocycles. The fourth-order valence-corrected chi connectivity index (χ4v) is 2.84. The molecule has 0 radical (unpaired) electrons. The Bertz CT molecular complexity index is 1070. The first-order valence-corrected chi connectivity index (χ1v) is 9.05. The zero-order chi connectivity index (χ0) is 19.3. The highest BCUT2D eigenvalue weighted by molar-refractivity contribution is 5.94. The second-order valence-electron chi connectivity index (χ2n) is 6.18. The molecule has 2 aromatic heterocycles. The Morgan fingerprint density at radius 3 is 2.75 bits per heavy atom. The second-order valence-corrected chi connectivity index (χ2v) is 6.18. The number of nitrogens with one attached hydrogen (secondary N) is 1. The Balaban J connectivity index is 1.42. The Morgan fingerprint density at radius 2 is 1.96 bits per heavy atom. The number of hydrogen-bond acceptors (Lipinski definition) is 5. The number of benzene rings is 2. The minimum atomic E-state index is -0.143. The van der Waals surface area contributed by atoms with E-state index in [1.807, 2.05) is 55.5 Å². The normalized spacial score (nSPS) is 10.8. The van der Waals surface area contributed by atoms with Crippen molar-refractivity contribution in [3.8, 4) is 17.2 Å². The van der Waals surface area contributed by atoms with Crippen LogP contribution in [0.15, 0.2) is 71.3 Å². The molecule has 4 rings (SSSR count). The number of aromatic nitrogens is 2. The molecule has 0 aliphatic carbocycles. The summed E-state index contributed by atoms with van der Waals surface area (Å²) in [5.41, 5.74) is 3.65. The van der Waals surface area contributed by atoms with Gasteiger partial charge in [0.25, 0.3) is 5.91 Å². The third-order valence-electron chi connectivity index (χ3n) is 4.23. The number of fused-ring (bicyclic) bond motifs is 1. The summed E-state index contributed by atoms with van der Waals surface area (Å²) in [6.07, 6.45) is 1.68. The van der Waals surface area contributed by atoms with Crippen LogP contribution in [0.25, 0.3) is 22.7 Å². The van der Waals surface area contributed by atoms with Gasteiger partial charge in [0.2, 0.25) is 5.89 Å². The third kappa shape index (κ3) is 3.86. The van der Waals surface area contributed by atoms with E-state index in [9.17, 15) is 4.79 Å². The van der Waals surface area contributed by atoms with Crippen molar-refractivity contribution in [2.24, 2.45) is 0 Å². The Hall–Kier alpha value is -3.67. The van der Waals surface area contributed by atoms with Crippen molar-refractivity contribution < 1.29 is 13.9 Å². The molecule has 1 amide bonds. The molecule has 0 aliphatic rings. The van der Waals surface area contributed by atoms with Crippen molar-refractivity contribution in [2.45, 2.75) is 13.5 Å². The number of pyridine rings is 1. The topological polar surface area (TPSA) is 77.2 Å².